The van der Waals surface area contributed by atoms with E-state index in [-0.39, 0.29) is 5.60 Å². The number of piperidine rings is 2. The van der Waals surface area contributed by atoms with Crippen LogP contribution in [-0.4, -0.2) is 36.9 Å². The zero-order valence-electron chi connectivity index (χ0n) is 8.18. The van der Waals surface area contributed by atoms with Gasteiger partial charge in [0.05, 0.1) is 5.60 Å². The summed E-state index contributed by atoms with van der Waals surface area (Å²) in [6.07, 6.45) is 4.18. The topological polar surface area (TPSA) is 44.3 Å². The molecule has 76 valence electrons. The van der Waals surface area contributed by atoms with Gasteiger partial charge in [-0.3, -0.25) is 0 Å². The van der Waals surface area contributed by atoms with Crippen LogP contribution in [0.25, 0.3) is 0 Å². The van der Waals surface area contributed by atoms with Crippen LogP contribution in [0.1, 0.15) is 25.7 Å². The molecule has 0 spiro atoms. The van der Waals surface area contributed by atoms with Crippen LogP contribution < -0.4 is 10.6 Å². The van der Waals surface area contributed by atoms with Crippen LogP contribution in [0.15, 0.2) is 0 Å². The molecule has 3 nitrogen and oxygen atoms in total. The standard InChI is InChI=1S/C10H20N2O/c13-10(3-7-12-8-4-10)9-1-5-11-6-2-9/h9,11-13H,1-8H2. The number of hydrogen-bond acceptors (Lipinski definition) is 3. The van der Waals surface area contributed by atoms with Gasteiger partial charge in [0.15, 0.2) is 0 Å². The summed E-state index contributed by atoms with van der Waals surface area (Å²) in [6, 6.07) is 0. The lowest BCUT2D eigenvalue weighted by Crippen LogP contribution is -2.50. The fraction of sp³-hybridized carbons (Fsp3) is 1.00. The summed E-state index contributed by atoms with van der Waals surface area (Å²) in [6.45, 7) is 4.14. The molecule has 0 unspecified atom stereocenters. The molecule has 0 radical (unpaired) electrons. The smallest absolute Gasteiger partial charge is 0.0700 e. The van der Waals surface area contributed by atoms with Crippen molar-refractivity contribution in [3.63, 3.8) is 0 Å². The Kier molecular flexibility index (Phi) is 2.86. The van der Waals surface area contributed by atoms with E-state index in [2.05, 4.69) is 10.6 Å². The maximum Gasteiger partial charge on any atom is 0.0700 e. The Labute approximate surface area is 79.9 Å². The molecule has 0 atom stereocenters. The highest BCUT2D eigenvalue weighted by molar-refractivity contribution is 4.92. The molecule has 0 aromatic heterocycles. The normalized spacial score (nSPS) is 30.2. The maximum absolute atomic E-state index is 10.4. The number of aliphatic hydroxyl groups is 1. The largest absolute Gasteiger partial charge is 0.390 e. The summed E-state index contributed by atoms with van der Waals surface area (Å²) in [7, 11) is 0. The first kappa shape index (κ1) is 9.44. The van der Waals surface area contributed by atoms with Crippen molar-refractivity contribution < 1.29 is 5.11 Å². The first-order chi connectivity index (χ1) is 6.31. The Morgan fingerprint density at radius 2 is 1.46 bits per heavy atom. The van der Waals surface area contributed by atoms with E-state index >= 15 is 0 Å². The first-order valence-corrected chi connectivity index (χ1v) is 5.45. The molecule has 0 amide bonds. The van der Waals surface area contributed by atoms with E-state index in [1.807, 2.05) is 0 Å². The average Bonchev–Trinajstić information content (AvgIpc) is 2.20. The summed E-state index contributed by atoms with van der Waals surface area (Å²) in [5.41, 5.74) is -0.354. The van der Waals surface area contributed by atoms with Gasteiger partial charge < -0.3 is 15.7 Å². The van der Waals surface area contributed by atoms with E-state index in [1.165, 1.54) is 0 Å². The predicted octanol–water partition coefficient (Wildman–Crippen LogP) is 0.100. The third-order valence-corrected chi connectivity index (χ3v) is 3.57. The molecule has 2 aliphatic rings. The highest BCUT2D eigenvalue weighted by Crippen LogP contribution is 2.32. The second-order valence-electron chi connectivity index (χ2n) is 4.38. The molecule has 2 rings (SSSR count). The van der Waals surface area contributed by atoms with E-state index in [9.17, 15) is 5.11 Å². The van der Waals surface area contributed by atoms with Crippen molar-refractivity contribution >= 4 is 0 Å². The number of nitrogens with one attached hydrogen (secondary N) is 2. The van der Waals surface area contributed by atoms with Crippen molar-refractivity contribution in [1.82, 2.24) is 10.6 Å². The number of hydrogen-bond donors (Lipinski definition) is 3. The van der Waals surface area contributed by atoms with Gasteiger partial charge in [-0.2, -0.15) is 0 Å². The van der Waals surface area contributed by atoms with Gasteiger partial charge in [-0.05, 0) is 57.8 Å². The Hall–Kier alpha value is -0.120. The third-order valence-electron chi connectivity index (χ3n) is 3.57. The van der Waals surface area contributed by atoms with Crippen LogP contribution in [-0.2, 0) is 0 Å². The monoisotopic (exact) mass is 184 g/mol. The lowest BCUT2D eigenvalue weighted by atomic mass is 9.75. The summed E-state index contributed by atoms with van der Waals surface area (Å²) >= 11 is 0. The van der Waals surface area contributed by atoms with E-state index in [4.69, 9.17) is 0 Å². The van der Waals surface area contributed by atoms with Crippen LogP contribution in [0.5, 0.6) is 0 Å². The van der Waals surface area contributed by atoms with Gasteiger partial charge in [-0.25, -0.2) is 0 Å². The minimum absolute atomic E-state index is 0.354. The molecular formula is C10H20N2O. The minimum Gasteiger partial charge on any atom is -0.390 e. The maximum atomic E-state index is 10.4. The molecule has 0 aliphatic carbocycles. The molecule has 2 saturated heterocycles. The molecule has 3 N–H and O–H groups in total. The second-order valence-corrected chi connectivity index (χ2v) is 4.38. The van der Waals surface area contributed by atoms with Gasteiger partial charge >= 0.3 is 0 Å². The van der Waals surface area contributed by atoms with E-state index in [0.717, 1.165) is 51.9 Å². The summed E-state index contributed by atoms with van der Waals surface area (Å²) in [5, 5.41) is 17.1. The Morgan fingerprint density at radius 1 is 0.923 bits per heavy atom. The Morgan fingerprint density at radius 3 is 2.08 bits per heavy atom. The minimum atomic E-state index is -0.354. The SMILES string of the molecule is OC1(C2CCNCC2)CCNCC1. The van der Waals surface area contributed by atoms with Crippen molar-refractivity contribution in [1.29, 1.82) is 0 Å². The van der Waals surface area contributed by atoms with Crippen molar-refractivity contribution in [3.8, 4) is 0 Å². The van der Waals surface area contributed by atoms with Crippen LogP contribution >= 0.6 is 0 Å². The average molecular weight is 184 g/mol. The Bertz CT molecular complexity index is 160. The fourth-order valence-corrected chi connectivity index (χ4v) is 2.63. The first-order valence-electron chi connectivity index (χ1n) is 5.45. The van der Waals surface area contributed by atoms with Crippen molar-refractivity contribution in [2.24, 2.45) is 5.92 Å². The molecular weight excluding hydrogens is 164 g/mol. The molecule has 0 aromatic rings. The van der Waals surface area contributed by atoms with Gasteiger partial charge in [-0.15, -0.1) is 0 Å². The van der Waals surface area contributed by atoms with E-state index in [1.54, 1.807) is 0 Å². The highest BCUT2D eigenvalue weighted by Gasteiger charge is 2.37. The van der Waals surface area contributed by atoms with E-state index in [0.29, 0.717) is 5.92 Å². The third kappa shape index (κ3) is 2.03. The lowest BCUT2D eigenvalue weighted by molar-refractivity contribution is -0.0535. The summed E-state index contributed by atoms with van der Waals surface area (Å²) < 4.78 is 0. The molecule has 0 bridgehead atoms. The highest BCUT2D eigenvalue weighted by atomic mass is 16.3. The van der Waals surface area contributed by atoms with Crippen LogP contribution in [0, 0.1) is 5.92 Å². The zero-order chi connectivity index (χ0) is 9.15. The summed E-state index contributed by atoms with van der Waals surface area (Å²) in [5.74, 6) is 0.538. The zero-order valence-corrected chi connectivity index (χ0v) is 8.18. The summed E-state index contributed by atoms with van der Waals surface area (Å²) in [4.78, 5) is 0. The van der Waals surface area contributed by atoms with Gasteiger partial charge in [-0.1, -0.05) is 0 Å². The van der Waals surface area contributed by atoms with Crippen LogP contribution in [0.3, 0.4) is 0 Å². The molecule has 0 aromatic carbocycles. The van der Waals surface area contributed by atoms with Gasteiger partial charge in [0, 0.05) is 0 Å². The quantitative estimate of drug-likeness (QED) is 0.541. The van der Waals surface area contributed by atoms with Crippen molar-refractivity contribution in [3.05, 3.63) is 0 Å². The molecule has 2 heterocycles. The molecule has 2 fully saturated rings. The molecule has 2 aliphatic heterocycles. The molecule has 13 heavy (non-hydrogen) atoms. The van der Waals surface area contributed by atoms with Crippen LogP contribution in [0.4, 0.5) is 0 Å². The van der Waals surface area contributed by atoms with Crippen LogP contribution in [0.2, 0.25) is 0 Å². The van der Waals surface area contributed by atoms with Gasteiger partial charge in [0.1, 0.15) is 0 Å². The fourth-order valence-electron chi connectivity index (χ4n) is 2.63. The molecule has 0 saturated carbocycles. The lowest BCUT2D eigenvalue weighted by Gasteiger charge is -2.41. The van der Waals surface area contributed by atoms with Crippen molar-refractivity contribution in [2.45, 2.75) is 31.3 Å². The van der Waals surface area contributed by atoms with Gasteiger partial charge in [0.2, 0.25) is 0 Å². The van der Waals surface area contributed by atoms with Gasteiger partial charge in [0.25, 0.3) is 0 Å². The Balaban J connectivity index is 1.94. The number of rotatable bonds is 1. The van der Waals surface area contributed by atoms with E-state index < -0.39 is 0 Å². The second kappa shape index (κ2) is 3.95. The molecule has 3 heteroatoms. The van der Waals surface area contributed by atoms with Crippen molar-refractivity contribution in [2.75, 3.05) is 26.2 Å². The predicted molar refractivity (Wildman–Crippen MR) is 52.6 cm³/mol.